The quantitative estimate of drug-likeness (QED) is 0.880. The molecular formula is C15H21N3O2. The third-order valence-electron chi connectivity index (χ3n) is 3.26. The number of anilines is 1. The second kappa shape index (κ2) is 6.32. The van der Waals surface area contributed by atoms with E-state index in [1.807, 2.05) is 36.0 Å². The third-order valence-corrected chi connectivity index (χ3v) is 3.26. The summed E-state index contributed by atoms with van der Waals surface area (Å²) >= 11 is 0. The Morgan fingerprint density at radius 1 is 1.20 bits per heavy atom. The Labute approximate surface area is 119 Å². The van der Waals surface area contributed by atoms with Gasteiger partial charge >= 0.3 is 0 Å². The van der Waals surface area contributed by atoms with Crippen LogP contribution in [-0.2, 0) is 13.1 Å². The minimum atomic E-state index is 0.628. The molecule has 108 valence electrons. The fourth-order valence-corrected chi connectivity index (χ4v) is 2.14. The van der Waals surface area contributed by atoms with E-state index in [1.165, 1.54) is 0 Å². The molecule has 0 bridgehead atoms. The summed E-state index contributed by atoms with van der Waals surface area (Å²) in [5.41, 5.74) is 3.02. The lowest BCUT2D eigenvalue weighted by atomic mass is 10.1. The van der Waals surface area contributed by atoms with Crippen molar-refractivity contribution >= 4 is 5.69 Å². The fourth-order valence-electron chi connectivity index (χ4n) is 2.14. The zero-order chi connectivity index (χ0) is 14.5. The standard InChI is InChI=1S/C15H21N3O2/c1-5-18-10-13(11(2)17-18)16-9-12-14(19-3)7-6-8-15(12)20-4/h6-8,10,16H,5,9H2,1-4H3. The summed E-state index contributed by atoms with van der Waals surface area (Å²) < 4.78 is 12.7. The number of nitrogens with zero attached hydrogens (tertiary/aromatic N) is 2. The maximum absolute atomic E-state index is 5.39. The zero-order valence-electron chi connectivity index (χ0n) is 12.4. The van der Waals surface area contributed by atoms with Crippen LogP contribution in [0.2, 0.25) is 0 Å². The molecular weight excluding hydrogens is 254 g/mol. The summed E-state index contributed by atoms with van der Waals surface area (Å²) in [6.45, 7) is 5.55. The Bertz CT molecular complexity index is 556. The Kier molecular flexibility index (Phi) is 4.50. The highest BCUT2D eigenvalue weighted by Gasteiger charge is 2.11. The first kappa shape index (κ1) is 14.2. The van der Waals surface area contributed by atoms with E-state index < -0.39 is 0 Å². The Morgan fingerprint density at radius 2 is 1.85 bits per heavy atom. The number of aryl methyl sites for hydroxylation is 2. The van der Waals surface area contributed by atoms with Crippen LogP contribution in [0.3, 0.4) is 0 Å². The molecule has 0 amide bonds. The summed E-state index contributed by atoms with van der Waals surface area (Å²) in [6, 6.07) is 5.78. The number of aromatic nitrogens is 2. The molecule has 0 unspecified atom stereocenters. The molecule has 2 aromatic rings. The van der Waals surface area contributed by atoms with E-state index in [9.17, 15) is 0 Å². The van der Waals surface area contributed by atoms with Crippen molar-refractivity contribution in [2.45, 2.75) is 26.9 Å². The Morgan fingerprint density at radius 3 is 2.35 bits per heavy atom. The van der Waals surface area contributed by atoms with Crippen molar-refractivity contribution in [3.63, 3.8) is 0 Å². The number of rotatable bonds is 6. The molecule has 1 N–H and O–H groups in total. The highest BCUT2D eigenvalue weighted by Crippen LogP contribution is 2.29. The van der Waals surface area contributed by atoms with Crippen molar-refractivity contribution in [2.75, 3.05) is 19.5 Å². The Hall–Kier alpha value is -2.17. The van der Waals surface area contributed by atoms with Crippen LogP contribution in [0.25, 0.3) is 0 Å². The number of nitrogens with one attached hydrogen (secondary N) is 1. The molecule has 2 rings (SSSR count). The van der Waals surface area contributed by atoms with E-state index in [2.05, 4.69) is 17.3 Å². The Balaban J connectivity index is 2.19. The van der Waals surface area contributed by atoms with Crippen LogP contribution in [0.5, 0.6) is 11.5 Å². The molecule has 0 atom stereocenters. The first-order chi connectivity index (χ1) is 9.69. The molecule has 0 radical (unpaired) electrons. The maximum Gasteiger partial charge on any atom is 0.127 e. The van der Waals surface area contributed by atoms with Crippen LogP contribution in [0.15, 0.2) is 24.4 Å². The molecule has 0 fully saturated rings. The predicted molar refractivity (Wildman–Crippen MR) is 79.5 cm³/mol. The molecule has 0 aliphatic carbocycles. The fraction of sp³-hybridized carbons (Fsp3) is 0.400. The lowest BCUT2D eigenvalue weighted by Crippen LogP contribution is -2.04. The smallest absolute Gasteiger partial charge is 0.127 e. The summed E-state index contributed by atoms with van der Waals surface area (Å²) in [4.78, 5) is 0. The summed E-state index contributed by atoms with van der Waals surface area (Å²) in [5, 5.41) is 7.81. The maximum atomic E-state index is 5.39. The topological polar surface area (TPSA) is 48.3 Å². The van der Waals surface area contributed by atoms with Crippen molar-refractivity contribution in [3.05, 3.63) is 35.7 Å². The lowest BCUT2D eigenvalue weighted by Gasteiger charge is -2.13. The predicted octanol–water partition coefficient (Wildman–Crippen LogP) is 2.84. The third kappa shape index (κ3) is 2.87. The highest BCUT2D eigenvalue weighted by molar-refractivity contribution is 5.50. The molecule has 0 aliphatic rings. The minimum absolute atomic E-state index is 0.628. The number of methoxy groups -OCH3 is 2. The highest BCUT2D eigenvalue weighted by atomic mass is 16.5. The van der Waals surface area contributed by atoms with E-state index in [0.717, 1.165) is 35.0 Å². The average molecular weight is 275 g/mol. The largest absolute Gasteiger partial charge is 0.496 e. The van der Waals surface area contributed by atoms with Gasteiger partial charge in [-0.1, -0.05) is 6.07 Å². The van der Waals surface area contributed by atoms with E-state index in [1.54, 1.807) is 14.2 Å². The first-order valence-electron chi connectivity index (χ1n) is 6.67. The van der Waals surface area contributed by atoms with Gasteiger partial charge in [-0.05, 0) is 26.0 Å². The molecule has 5 nitrogen and oxygen atoms in total. The molecule has 0 aliphatic heterocycles. The van der Waals surface area contributed by atoms with Crippen molar-refractivity contribution in [2.24, 2.45) is 0 Å². The van der Waals surface area contributed by atoms with Crippen LogP contribution in [-0.4, -0.2) is 24.0 Å². The molecule has 1 heterocycles. The first-order valence-corrected chi connectivity index (χ1v) is 6.67. The van der Waals surface area contributed by atoms with Crippen molar-refractivity contribution in [3.8, 4) is 11.5 Å². The SMILES string of the molecule is CCn1cc(NCc2c(OC)cccc2OC)c(C)n1. The summed E-state index contributed by atoms with van der Waals surface area (Å²) in [6.07, 6.45) is 2.01. The molecule has 0 spiro atoms. The van der Waals surface area contributed by atoms with Gasteiger partial charge in [-0.2, -0.15) is 5.10 Å². The van der Waals surface area contributed by atoms with Gasteiger partial charge in [-0.15, -0.1) is 0 Å². The van der Waals surface area contributed by atoms with Crippen LogP contribution < -0.4 is 14.8 Å². The number of hydrogen-bond donors (Lipinski definition) is 1. The van der Waals surface area contributed by atoms with Crippen molar-refractivity contribution in [1.82, 2.24) is 9.78 Å². The van der Waals surface area contributed by atoms with Crippen LogP contribution in [0.4, 0.5) is 5.69 Å². The minimum Gasteiger partial charge on any atom is -0.496 e. The van der Waals surface area contributed by atoms with Gasteiger partial charge < -0.3 is 14.8 Å². The van der Waals surface area contributed by atoms with Crippen molar-refractivity contribution in [1.29, 1.82) is 0 Å². The number of hydrogen-bond acceptors (Lipinski definition) is 4. The number of benzene rings is 1. The van der Waals surface area contributed by atoms with Gasteiger partial charge in [0.05, 0.1) is 31.2 Å². The second-order valence-corrected chi connectivity index (χ2v) is 4.48. The van der Waals surface area contributed by atoms with E-state index in [4.69, 9.17) is 9.47 Å². The lowest BCUT2D eigenvalue weighted by molar-refractivity contribution is 0.386. The molecule has 0 saturated heterocycles. The van der Waals surface area contributed by atoms with E-state index >= 15 is 0 Å². The number of ether oxygens (including phenoxy) is 2. The van der Waals surface area contributed by atoms with Gasteiger partial charge in [0.2, 0.25) is 0 Å². The van der Waals surface area contributed by atoms with Crippen LogP contribution in [0.1, 0.15) is 18.2 Å². The normalized spacial score (nSPS) is 10.4. The zero-order valence-corrected chi connectivity index (χ0v) is 12.4. The summed E-state index contributed by atoms with van der Waals surface area (Å²) in [7, 11) is 3.33. The van der Waals surface area contributed by atoms with Gasteiger partial charge in [0, 0.05) is 19.3 Å². The molecule has 1 aromatic heterocycles. The van der Waals surface area contributed by atoms with Gasteiger partial charge in [0.25, 0.3) is 0 Å². The van der Waals surface area contributed by atoms with Gasteiger partial charge in [-0.25, -0.2) is 0 Å². The van der Waals surface area contributed by atoms with E-state index in [-0.39, 0.29) is 0 Å². The van der Waals surface area contributed by atoms with E-state index in [0.29, 0.717) is 6.54 Å². The van der Waals surface area contributed by atoms with Crippen LogP contribution in [0, 0.1) is 6.92 Å². The van der Waals surface area contributed by atoms with Gasteiger partial charge in [-0.3, -0.25) is 4.68 Å². The van der Waals surface area contributed by atoms with Crippen LogP contribution >= 0.6 is 0 Å². The molecule has 0 saturated carbocycles. The molecule has 20 heavy (non-hydrogen) atoms. The monoisotopic (exact) mass is 275 g/mol. The second-order valence-electron chi connectivity index (χ2n) is 4.48. The molecule has 5 heteroatoms. The average Bonchev–Trinajstić information content (AvgIpc) is 2.85. The molecule has 1 aromatic carbocycles. The van der Waals surface area contributed by atoms with Gasteiger partial charge in [0.15, 0.2) is 0 Å². The summed E-state index contributed by atoms with van der Waals surface area (Å²) in [5.74, 6) is 1.63. The van der Waals surface area contributed by atoms with Gasteiger partial charge in [0.1, 0.15) is 11.5 Å². The van der Waals surface area contributed by atoms with Crippen molar-refractivity contribution < 1.29 is 9.47 Å².